The predicted octanol–water partition coefficient (Wildman–Crippen LogP) is 25.8. The van der Waals surface area contributed by atoms with Crippen molar-refractivity contribution < 1.29 is 75.8 Å². The lowest BCUT2D eigenvalue weighted by Gasteiger charge is -2.21. The number of carbonyl (C=O) groups is 3. The normalized spacial score (nSPS) is 14.7. The van der Waals surface area contributed by atoms with Crippen LogP contribution in [0.1, 0.15) is 342 Å². The molecule has 0 aromatic heterocycles. The van der Waals surface area contributed by atoms with Gasteiger partial charge in [-0.3, -0.25) is 32.5 Å². The Morgan fingerprint density at radius 2 is 0.486 bits per heavy atom. The first-order chi connectivity index (χ1) is 53.2. The predicted molar refractivity (Wildman–Crippen MR) is 454 cm³/mol. The summed E-state index contributed by atoms with van der Waals surface area (Å²) in [7, 11) is -9.80. The van der Waals surface area contributed by atoms with Crippen molar-refractivity contribution >= 4 is 33.6 Å². The van der Waals surface area contributed by atoms with Crippen molar-refractivity contribution in [2.45, 2.75) is 360 Å². The van der Waals surface area contributed by atoms with Gasteiger partial charge in [0.05, 0.1) is 26.4 Å². The summed E-state index contributed by atoms with van der Waals surface area (Å²) in [4.78, 5) is 58.7. The van der Waals surface area contributed by atoms with E-state index in [2.05, 4.69) is 179 Å². The summed E-state index contributed by atoms with van der Waals surface area (Å²) < 4.78 is 61.2. The zero-order valence-electron chi connectivity index (χ0n) is 68.4. The van der Waals surface area contributed by atoms with Crippen molar-refractivity contribution in [1.29, 1.82) is 0 Å². The smallest absolute Gasteiger partial charge is 0.463 e. The minimum absolute atomic E-state index is 0.0898. The quantitative estimate of drug-likeness (QED) is 0.0146. The molecule has 0 aromatic carbocycles. The summed E-state index contributed by atoms with van der Waals surface area (Å²) in [6.07, 6.45) is 104. The van der Waals surface area contributed by atoms with E-state index in [1.807, 2.05) is 0 Å². The van der Waals surface area contributed by atoms with Gasteiger partial charge in [0.15, 0.2) is 6.10 Å². The van der Waals surface area contributed by atoms with Crippen LogP contribution in [0, 0.1) is 0 Å². The molecular formula is C91H154O16P2. The third kappa shape index (κ3) is 83.9. The molecule has 0 radical (unpaired) electrons. The minimum atomic E-state index is -4.94. The molecule has 0 amide bonds. The molecule has 0 heterocycles. The number of phosphoric ester groups is 2. The molecule has 0 aliphatic carbocycles. The molecule has 0 spiro atoms. The molecule has 624 valence electrons. The van der Waals surface area contributed by atoms with Gasteiger partial charge in [0, 0.05) is 19.3 Å². The Labute approximate surface area is 663 Å². The molecule has 5 unspecified atom stereocenters. The number of hydrogen-bond donors (Lipinski definition) is 4. The first-order valence-corrected chi connectivity index (χ1v) is 45.8. The monoisotopic (exact) mass is 1570 g/mol. The lowest BCUT2D eigenvalue weighted by atomic mass is 10.0. The number of hydrogen-bond acceptors (Lipinski definition) is 14. The van der Waals surface area contributed by atoms with E-state index in [9.17, 15) is 43.5 Å². The molecule has 0 rings (SSSR count). The summed E-state index contributed by atoms with van der Waals surface area (Å²) >= 11 is 0. The van der Waals surface area contributed by atoms with E-state index in [1.54, 1.807) is 0 Å². The van der Waals surface area contributed by atoms with Crippen LogP contribution in [0.2, 0.25) is 0 Å². The second-order valence-corrected chi connectivity index (χ2v) is 31.1. The first-order valence-electron chi connectivity index (χ1n) is 42.8. The fraction of sp³-hybridized carbons (Fsp3) is 0.681. The Morgan fingerprint density at radius 3 is 0.780 bits per heavy atom. The van der Waals surface area contributed by atoms with E-state index < -0.39 is 91.5 Å². The van der Waals surface area contributed by atoms with Crippen LogP contribution >= 0.6 is 15.6 Å². The molecule has 0 bridgehead atoms. The van der Waals surface area contributed by atoms with E-state index in [-0.39, 0.29) is 19.3 Å². The van der Waals surface area contributed by atoms with E-state index in [0.717, 1.165) is 180 Å². The molecular weight excluding hydrogens is 1410 g/mol. The zero-order chi connectivity index (χ0) is 79.4. The average molecular weight is 1570 g/mol. The third-order valence-corrected chi connectivity index (χ3v) is 19.6. The summed E-state index contributed by atoms with van der Waals surface area (Å²) in [5.74, 6) is -1.59. The van der Waals surface area contributed by atoms with Gasteiger partial charge in [0.25, 0.3) is 0 Å². The van der Waals surface area contributed by atoms with E-state index >= 15 is 0 Å². The lowest BCUT2D eigenvalue weighted by molar-refractivity contribution is -0.161. The highest BCUT2D eigenvalue weighted by atomic mass is 31.2. The number of carbonyl (C=O) groups excluding carboxylic acids is 3. The number of aliphatic hydroxyl groups excluding tert-OH is 2. The number of ether oxygens (including phenoxy) is 3. The molecule has 4 N–H and O–H groups in total. The number of phosphoric acid groups is 2. The second-order valence-electron chi connectivity index (χ2n) is 28.2. The summed E-state index contributed by atoms with van der Waals surface area (Å²) in [5.41, 5.74) is 0. The summed E-state index contributed by atoms with van der Waals surface area (Å²) in [6, 6.07) is 0. The van der Waals surface area contributed by atoms with Crippen LogP contribution < -0.4 is 0 Å². The van der Waals surface area contributed by atoms with Crippen molar-refractivity contribution in [3.8, 4) is 0 Å². The molecule has 16 nitrogen and oxygen atoms in total. The highest BCUT2D eigenvalue weighted by molar-refractivity contribution is 7.47. The van der Waals surface area contributed by atoms with Gasteiger partial charge in [0.1, 0.15) is 25.4 Å². The number of rotatable bonds is 80. The van der Waals surface area contributed by atoms with Gasteiger partial charge in [-0.25, -0.2) is 9.13 Å². The first kappa shape index (κ1) is 104. The van der Waals surface area contributed by atoms with Crippen molar-refractivity contribution in [2.24, 2.45) is 0 Å². The number of allylic oxidation sites excluding steroid dienone is 26. The van der Waals surface area contributed by atoms with Crippen LogP contribution in [-0.2, 0) is 55.8 Å². The van der Waals surface area contributed by atoms with Crippen LogP contribution in [0.25, 0.3) is 0 Å². The molecule has 0 saturated carbocycles. The van der Waals surface area contributed by atoms with E-state index in [0.29, 0.717) is 19.3 Å². The molecule has 0 fully saturated rings. The van der Waals surface area contributed by atoms with Crippen LogP contribution in [-0.4, -0.2) is 95.9 Å². The van der Waals surface area contributed by atoms with Crippen molar-refractivity contribution in [3.05, 3.63) is 158 Å². The number of esters is 3. The molecule has 0 saturated heterocycles. The van der Waals surface area contributed by atoms with Crippen LogP contribution in [0.15, 0.2) is 158 Å². The molecule has 5 atom stereocenters. The fourth-order valence-electron chi connectivity index (χ4n) is 11.3. The standard InChI is InChI=1S/C91H154O16P2/c1-4-7-10-13-16-19-22-25-27-29-31-33-35-37-39-40-41-42-43-44-46-48-49-51-53-55-57-60-62-65-68-71-74-77-89(94)101-80-86(92)81-103-108(97,98)104-82-87(93)83-105-109(99,100)106-85-88(107-91(96)79-76-73-70-67-64-59-24-21-18-15-12-9-6-3)84-102-90(95)78-75-72-69-66-63-61-58-56-54-52-50-47-45-38-36-34-32-30-28-26-23-20-17-14-11-8-5-2/h7-8,10-11,16-17,19-21,24-28,31-34,37-39,41-42,45,50,52,86-88,92-93H,4-6,9,12-15,18,22-23,29-30,35-36,40,43-44,46-49,51,53-85H2,1-3H3,(H,97,98)(H,99,100)/b10-7-,11-8-,19-16-,20-17-,24-21-,27-25-,28-26-,33-31-,34-32-,39-37-,42-41-,45-38-,52-50-. The van der Waals surface area contributed by atoms with Crippen molar-refractivity contribution in [3.63, 3.8) is 0 Å². The molecule has 109 heavy (non-hydrogen) atoms. The van der Waals surface area contributed by atoms with Crippen LogP contribution in [0.4, 0.5) is 0 Å². The maximum atomic E-state index is 13.0. The Morgan fingerprint density at radius 1 is 0.266 bits per heavy atom. The molecule has 0 aliphatic rings. The minimum Gasteiger partial charge on any atom is -0.463 e. The largest absolute Gasteiger partial charge is 0.472 e. The van der Waals surface area contributed by atoms with Crippen molar-refractivity contribution in [1.82, 2.24) is 0 Å². The fourth-order valence-corrected chi connectivity index (χ4v) is 12.9. The van der Waals surface area contributed by atoms with E-state index in [1.165, 1.54) is 103 Å². The Balaban J connectivity index is 4.46. The van der Waals surface area contributed by atoms with Gasteiger partial charge < -0.3 is 34.2 Å². The maximum Gasteiger partial charge on any atom is 0.472 e. The number of aliphatic hydroxyl groups is 2. The molecule has 0 aliphatic heterocycles. The van der Waals surface area contributed by atoms with Crippen molar-refractivity contribution in [2.75, 3.05) is 39.6 Å². The Kier molecular flexibility index (Phi) is 79.0. The van der Waals surface area contributed by atoms with Gasteiger partial charge in [0.2, 0.25) is 0 Å². The molecule has 0 aromatic rings. The second kappa shape index (κ2) is 82.6. The topological polar surface area (TPSA) is 231 Å². The third-order valence-electron chi connectivity index (χ3n) is 17.7. The lowest BCUT2D eigenvalue weighted by Crippen LogP contribution is -2.30. The zero-order valence-corrected chi connectivity index (χ0v) is 70.2. The van der Waals surface area contributed by atoms with Gasteiger partial charge in [-0.05, 0) is 148 Å². The molecule has 18 heteroatoms. The van der Waals surface area contributed by atoms with Gasteiger partial charge in [-0.15, -0.1) is 0 Å². The summed E-state index contributed by atoms with van der Waals surface area (Å²) in [6.45, 7) is 2.43. The van der Waals surface area contributed by atoms with Gasteiger partial charge >= 0.3 is 33.6 Å². The summed E-state index contributed by atoms with van der Waals surface area (Å²) in [5, 5.41) is 20.7. The van der Waals surface area contributed by atoms with Crippen LogP contribution in [0.5, 0.6) is 0 Å². The maximum absolute atomic E-state index is 13.0. The average Bonchev–Trinajstić information content (AvgIpc) is 0.915. The van der Waals surface area contributed by atoms with Gasteiger partial charge in [-0.1, -0.05) is 333 Å². The van der Waals surface area contributed by atoms with Gasteiger partial charge in [-0.2, -0.15) is 0 Å². The highest BCUT2D eigenvalue weighted by Crippen LogP contribution is 2.45. The number of unbranched alkanes of at least 4 members (excludes halogenated alkanes) is 31. The van der Waals surface area contributed by atoms with Crippen LogP contribution in [0.3, 0.4) is 0 Å². The Bertz CT molecular complexity index is 2610. The highest BCUT2D eigenvalue weighted by Gasteiger charge is 2.29. The van der Waals surface area contributed by atoms with E-state index in [4.69, 9.17) is 32.3 Å². The SMILES string of the molecule is CC/C=C\C/C=C\C/C=C\C/C=C\C/C=C\C/C=C\CCCCCCCCCCCCCCCCC(=O)OCC(O)COP(=O)(O)OCC(O)COP(=O)(O)OCC(COC(=O)CCCCCCCCCC/C=C\C/C=C\C/C=C\C/C=C\C/C=C\C/C=C\CC)OC(=O)CCCCCCC/C=C\CCCCCC. The Hall–Kier alpha value is -4.83.